The summed E-state index contributed by atoms with van der Waals surface area (Å²) in [6.45, 7) is 8.79. The van der Waals surface area contributed by atoms with E-state index in [1.165, 1.54) is 0 Å². The van der Waals surface area contributed by atoms with Gasteiger partial charge in [-0.3, -0.25) is 0 Å². The molecule has 114 valence electrons. The Morgan fingerprint density at radius 1 is 1.29 bits per heavy atom. The van der Waals surface area contributed by atoms with Crippen LogP contribution in [0.1, 0.15) is 43.3 Å². The van der Waals surface area contributed by atoms with E-state index in [4.69, 9.17) is 10.3 Å². The summed E-state index contributed by atoms with van der Waals surface area (Å²) >= 11 is 0. The van der Waals surface area contributed by atoms with Gasteiger partial charge in [0.25, 0.3) is 0 Å². The number of aromatic nitrogens is 3. The first-order valence-corrected chi connectivity index (χ1v) is 7.09. The van der Waals surface area contributed by atoms with E-state index in [0.29, 0.717) is 5.82 Å². The zero-order chi connectivity index (χ0) is 15.4. The van der Waals surface area contributed by atoms with Gasteiger partial charge in [0, 0.05) is 18.2 Å². The van der Waals surface area contributed by atoms with E-state index >= 15 is 0 Å². The number of hydrogen-bond donors (Lipinski definition) is 3. The summed E-state index contributed by atoms with van der Waals surface area (Å²) in [5, 5.41) is 10.5. The Morgan fingerprint density at radius 2 is 2.00 bits per heavy atom. The van der Waals surface area contributed by atoms with E-state index in [1.54, 1.807) is 0 Å². The number of hydrogen-bond acceptors (Lipinski definition) is 7. The predicted molar refractivity (Wildman–Crippen MR) is 83.2 cm³/mol. The van der Waals surface area contributed by atoms with Crippen LogP contribution in [0.5, 0.6) is 0 Å². The quantitative estimate of drug-likeness (QED) is 0.751. The second kappa shape index (κ2) is 6.43. The molecule has 0 saturated heterocycles. The first-order valence-electron chi connectivity index (χ1n) is 7.09. The lowest BCUT2D eigenvalue weighted by atomic mass is 10.1. The largest absolute Gasteiger partial charge is 0.370 e. The molecule has 0 saturated carbocycles. The third-order valence-corrected chi connectivity index (χ3v) is 3.19. The average Bonchev–Trinajstić information content (AvgIpc) is 2.75. The first-order chi connectivity index (χ1) is 10.0. The number of nitrogens with one attached hydrogen (secondary N) is 2. The third kappa shape index (κ3) is 3.62. The third-order valence-electron chi connectivity index (χ3n) is 3.19. The van der Waals surface area contributed by atoms with E-state index in [1.807, 2.05) is 26.8 Å². The van der Waals surface area contributed by atoms with Crippen LogP contribution in [0.2, 0.25) is 0 Å². The van der Waals surface area contributed by atoms with Crippen LogP contribution in [-0.4, -0.2) is 21.7 Å². The number of rotatable bonds is 6. The lowest BCUT2D eigenvalue weighted by Crippen LogP contribution is -2.12. The van der Waals surface area contributed by atoms with E-state index in [0.717, 1.165) is 35.8 Å². The number of nitrogens with two attached hydrogens (primary N) is 1. The number of aryl methyl sites for hydroxylation is 2. The van der Waals surface area contributed by atoms with Crippen LogP contribution in [0.4, 0.5) is 17.6 Å². The van der Waals surface area contributed by atoms with Crippen molar-refractivity contribution in [3.8, 4) is 0 Å². The molecule has 0 aliphatic rings. The van der Waals surface area contributed by atoms with Crippen LogP contribution < -0.4 is 16.4 Å². The van der Waals surface area contributed by atoms with Gasteiger partial charge >= 0.3 is 0 Å². The fourth-order valence-electron chi connectivity index (χ4n) is 2.29. The van der Waals surface area contributed by atoms with Crippen LogP contribution in [0.25, 0.3) is 0 Å². The highest BCUT2D eigenvalue weighted by Gasteiger charge is 2.17. The maximum absolute atomic E-state index is 5.75. The van der Waals surface area contributed by atoms with Crippen molar-refractivity contribution < 1.29 is 4.52 Å². The minimum atomic E-state index is 0.0181. The summed E-state index contributed by atoms with van der Waals surface area (Å²) < 4.78 is 5.19. The molecule has 0 aliphatic carbocycles. The molecule has 0 aromatic carbocycles. The van der Waals surface area contributed by atoms with Crippen molar-refractivity contribution in [2.24, 2.45) is 0 Å². The lowest BCUT2D eigenvalue weighted by Gasteiger charge is -2.15. The summed E-state index contributed by atoms with van der Waals surface area (Å²) in [6.07, 6.45) is 1.02. The maximum Gasteiger partial charge on any atom is 0.223 e. The average molecular weight is 290 g/mol. The molecule has 0 aliphatic heterocycles. The molecule has 0 fully saturated rings. The van der Waals surface area contributed by atoms with E-state index in [9.17, 15) is 0 Å². The number of nitrogens with zero attached hydrogens (tertiary/aromatic N) is 3. The van der Waals surface area contributed by atoms with Crippen molar-refractivity contribution in [2.45, 2.75) is 40.2 Å². The van der Waals surface area contributed by atoms with Gasteiger partial charge in [0.15, 0.2) is 0 Å². The van der Waals surface area contributed by atoms with Crippen molar-refractivity contribution in [1.82, 2.24) is 15.1 Å². The van der Waals surface area contributed by atoms with E-state index in [2.05, 4.69) is 32.7 Å². The molecule has 1 atom stereocenters. The molecular weight excluding hydrogens is 268 g/mol. The Kier molecular flexibility index (Phi) is 4.62. The van der Waals surface area contributed by atoms with Gasteiger partial charge in [-0.2, -0.15) is 9.97 Å². The van der Waals surface area contributed by atoms with Crippen LogP contribution >= 0.6 is 0 Å². The normalized spacial score (nSPS) is 12.2. The van der Waals surface area contributed by atoms with Crippen LogP contribution in [0, 0.1) is 13.8 Å². The second-order valence-corrected chi connectivity index (χ2v) is 5.03. The Hall–Kier alpha value is -2.31. The summed E-state index contributed by atoms with van der Waals surface area (Å²) in [4.78, 5) is 8.38. The zero-order valence-electron chi connectivity index (χ0n) is 12.9. The molecule has 7 heteroatoms. The summed E-state index contributed by atoms with van der Waals surface area (Å²) in [5.74, 6) is 2.44. The minimum absolute atomic E-state index is 0.0181. The summed E-state index contributed by atoms with van der Waals surface area (Å²) in [7, 11) is 0. The molecule has 0 radical (unpaired) electrons. The molecule has 2 rings (SSSR count). The molecule has 0 bridgehead atoms. The molecule has 7 nitrogen and oxygen atoms in total. The van der Waals surface area contributed by atoms with Crippen LogP contribution in [0.15, 0.2) is 10.6 Å². The van der Waals surface area contributed by atoms with Crippen molar-refractivity contribution in [3.05, 3.63) is 23.1 Å². The topological polar surface area (TPSA) is 102 Å². The predicted octanol–water partition coefficient (Wildman–Crippen LogP) is 2.66. The van der Waals surface area contributed by atoms with Crippen molar-refractivity contribution in [2.75, 3.05) is 22.9 Å². The summed E-state index contributed by atoms with van der Waals surface area (Å²) in [6, 6.07) is 1.87. The Bertz CT molecular complexity index is 590. The highest BCUT2D eigenvalue weighted by Crippen LogP contribution is 2.25. The Balaban J connectivity index is 2.17. The SMILES string of the molecule is CCCNc1cc(NC(C)c2c(C)noc2C)nc(N)n1. The van der Waals surface area contributed by atoms with Crippen molar-refractivity contribution >= 4 is 17.6 Å². The first kappa shape index (κ1) is 15.1. The molecule has 0 spiro atoms. The van der Waals surface area contributed by atoms with Gasteiger partial charge in [-0.15, -0.1) is 0 Å². The van der Waals surface area contributed by atoms with Gasteiger partial charge in [-0.05, 0) is 27.2 Å². The summed E-state index contributed by atoms with van der Waals surface area (Å²) in [5.41, 5.74) is 7.66. The maximum atomic E-state index is 5.75. The minimum Gasteiger partial charge on any atom is -0.370 e. The van der Waals surface area contributed by atoms with Crippen LogP contribution in [0.3, 0.4) is 0 Å². The lowest BCUT2D eigenvalue weighted by molar-refractivity contribution is 0.392. The molecule has 0 amide bonds. The second-order valence-electron chi connectivity index (χ2n) is 5.03. The highest BCUT2D eigenvalue weighted by molar-refractivity contribution is 5.52. The van der Waals surface area contributed by atoms with Crippen LogP contribution in [-0.2, 0) is 0 Å². The molecular formula is C14H22N6O. The van der Waals surface area contributed by atoms with Gasteiger partial charge in [0.1, 0.15) is 17.4 Å². The van der Waals surface area contributed by atoms with Gasteiger partial charge in [0.2, 0.25) is 5.95 Å². The van der Waals surface area contributed by atoms with Crippen molar-refractivity contribution in [1.29, 1.82) is 0 Å². The number of anilines is 3. The smallest absolute Gasteiger partial charge is 0.223 e. The molecule has 2 aromatic rings. The van der Waals surface area contributed by atoms with E-state index < -0.39 is 0 Å². The Labute approximate surface area is 124 Å². The fourth-order valence-corrected chi connectivity index (χ4v) is 2.29. The molecule has 2 aromatic heterocycles. The van der Waals surface area contributed by atoms with Gasteiger partial charge in [-0.1, -0.05) is 12.1 Å². The number of nitrogen functional groups attached to an aromatic ring is 1. The monoisotopic (exact) mass is 290 g/mol. The van der Waals surface area contributed by atoms with Gasteiger partial charge < -0.3 is 20.9 Å². The molecule has 1 unspecified atom stereocenters. The van der Waals surface area contributed by atoms with Gasteiger partial charge in [0.05, 0.1) is 11.7 Å². The molecule has 2 heterocycles. The molecule has 21 heavy (non-hydrogen) atoms. The van der Waals surface area contributed by atoms with Gasteiger partial charge in [-0.25, -0.2) is 0 Å². The van der Waals surface area contributed by atoms with Crippen molar-refractivity contribution in [3.63, 3.8) is 0 Å². The highest BCUT2D eigenvalue weighted by atomic mass is 16.5. The van der Waals surface area contributed by atoms with E-state index in [-0.39, 0.29) is 12.0 Å². The zero-order valence-corrected chi connectivity index (χ0v) is 12.9. The fraction of sp³-hybridized carbons (Fsp3) is 0.500. The Morgan fingerprint density at radius 3 is 2.62 bits per heavy atom. The standard InChI is InChI=1S/C14H22N6O/c1-5-6-16-11-7-12(19-14(15)18-11)17-8(2)13-9(3)20-21-10(13)4/h7-8H,5-6H2,1-4H3,(H4,15,16,17,18,19). The molecule has 4 N–H and O–H groups in total.